The Morgan fingerprint density at radius 1 is 1.38 bits per heavy atom. The summed E-state index contributed by atoms with van der Waals surface area (Å²) in [6.07, 6.45) is -0.615. The lowest BCUT2D eigenvalue weighted by molar-refractivity contribution is 0.219. The molecule has 1 unspecified atom stereocenters. The summed E-state index contributed by atoms with van der Waals surface area (Å²) in [7, 11) is 1.62. The molecule has 2 nitrogen and oxygen atoms in total. The van der Waals surface area contributed by atoms with Gasteiger partial charge in [-0.25, -0.2) is 0 Å². The van der Waals surface area contributed by atoms with Crippen LogP contribution in [0.25, 0.3) is 0 Å². The van der Waals surface area contributed by atoms with E-state index in [2.05, 4.69) is 15.9 Å². The van der Waals surface area contributed by atoms with Gasteiger partial charge in [-0.3, -0.25) is 0 Å². The normalized spacial score (nSPS) is 12.4. The maximum Gasteiger partial charge on any atom is 0.119 e. The van der Waals surface area contributed by atoms with E-state index in [0.717, 1.165) is 21.3 Å². The molecule has 0 aliphatic heterocycles. The van der Waals surface area contributed by atoms with Gasteiger partial charge in [-0.15, -0.1) is 0 Å². The molecule has 0 aliphatic rings. The zero-order valence-corrected chi connectivity index (χ0v) is 11.1. The van der Waals surface area contributed by atoms with Gasteiger partial charge < -0.3 is 9.84 Å². The van der Waals surface area contributed by atoms with Crippen molar-refractivity contribution in [3.63, 3.8) is 0 Å². The summed E-state index contributed by atoms with van der Waals surface area (Å²) >= 11 is 5.01. The molecule has 0 saturated heterocycles. The van der Waals surface area contributed by atoms with Crippen molar-refractivity contribution in [2.75, 3.05) is 7.11 Å². The Hall–Kier alpha value is -0.840. The number of rotatable bonds is 3. The SMILES string of the molecule is COc1ccc(Br)c(C(O)c2ccsc2)c1. The van der Waals surface area contributed by atoms with Gasteiger partial charge in [-0.05, 0) is 40.6 Å². The molecule has 1 aromatic heterocycles. The largest absolute Gasteiger partial charge is 0.497 e. The highest BCUT2D eigenvalue weighted by Crippen LogP contribution is 2.32. The van der Waals surface area contributed by atoms with E-state index >= 15 is 0 Å². The molecule has 0 radical (unpaired) electrons. The quantitative estimate of drug-likeness (QED) is 0.938. The zero-order valence-electron chi connectivity index (χ0n) is 8.68. The average Bonchev–Trinajstić information content (AvgIpc) is 2.82. The Morgan fingerprint density at radius 2 is 2.19 bits per heavy atom. The third-order valence-electron chi connectivity index (χ3n) is 2.36. The first-order valence-electron chi connectivity index (χ1n) is 4.76. The van der Waals surface area contributed by atoms with Gasteiger partial charge in [0.15, 0.2) is 0 Å². The van der Waals surface area contributed by atoms with Crippen LogP contribution in [-0.4, -0.2) is 12.2 Å². The number of methoxy groups -OCH3 is 1. The summed E-state index contributed by atoms with van der Waals surface area (Å²) in [6, 6.07) is 7.49. The third kappa shape index (κ3) is 2.29. The molecular formula is C12H11BrO2S. The Labute approximate surface area is 107 Å². The first-order chi connectivity index (χ1) is 7.72. The highest BCUT2D eigenvalue weighted by atomic mass is 79.9. The Balaban J connectivity index is 2.39. The fraction of sp³-hybridized carbons (Fsp3) is 0.167. The summed E-state index contributed by atoms with van der Waals surface area (Å²) in [6.45, 7) is 0. The second kappa shape index (κ2) is 4.99. The number of halogens is 1. The lowest BCUT2D eigenvalue weighted by atomic mass is 10.0. The number of aliphatic hydroxyl groups is 1. The van der Waals surface area contributed by atoms with Crippen LogP contribution in [0.15, 0.2) is 39.5 Å². The smallest absolute Gasteiger partial charge is 0.119 e. The molecule has 0 saturated carbocycles. The molecule has 0 fully saturated rings. The maximum absolute atomic E-state index is 10.2. The van der Waals surface area contributed by atoms with Crippen LogP contribution in [0.4, 0.5) is 0 Å². The maximum atomic E-state index is 10.2. The van der Waals surface area contributed by atoms with Crippen LogP contribution in [0.1, 0.15) is 17.2 Å². The first-order valence-corrected chi connectivity index (χ1v) is 6.49. The van der Waals surface area contributed by atoms with E-state index in [-0.39, 0.29) is 0 Å². The molecular weight excluding hydrogens is 288 g/mol. The number of hydrogen-bond acceptors (Lipinski definition) is 3. The van der Waals surface area contributed by atoms with Crippen LogP contribution in [0.3, 0.4) is 0 Å². The van der Waals surface area contributed by atoms with E-state index in [1.807, 2.05) is 35.0 Å². The predicted molar refractivity (Wildman–Crippen MR) is 69.1 cm³/mol. The molecule has 1 N–H and O–H groups in total. The first kappa shape index (κ1) is 11.6. The zero-order chi connectivity index (χ0) is 11.5. The number of aliphatic hydroxyl groups excluding tert-OH is 1. The summed E-state index contributed by atoms with van der Waals surface area (Å²) in [5.74, 6) is 0.743. The number of ether oxygens (including phenoxy) is 1. The van der Waals surface area contributed by atoms with Crippen molar-refractivity contribution in [2.45, 2.75) is 6.10 Å². The van der Waals surface area contributed by atoms with E-state index in [0.29, 0.717) is 0 Å². The molecule has 0 bridgehead atoms. The third-order valence-corrected chi connectivity index (χ3v) is 3.78. The van der Waals surface area contributed by atoms with Gasteiger partial charge in [-0.1, -0.05) is 15.9 Å². The van der Waals surface area contributed by atoms with Crippen LogP contribution in [0, 0.1) is 0 Å². The molecule has 84 valence electrons. The fourth-order valence-electron chi connectivity index (χ4n) is 1.47. The van der Waals surface area contributed by atoms with Crippen molar-refractivity contribution in [3.8, 4) is 5.75 Å². The van der Waals surface area contributed by atoms with E-state index in [1.54, 1.807) is 18.4 Å². The van der Waals surface area contributed by atoms with E-state index < -0.39 is 6.10 Å². The highest BCUT2D eigenvalue weighted by Gasteiger charge is 2.14. The van der Waals surface area contributed by atoms with Gasteiger partial charge in [-0.2, -0.15) is 11.3 Å². The minimum atomic E-state index is -0.615. The van der Waals surface area contributed by atoms with Gasteiger partial charge in [0.05, 0.1) is 7.11 Å². The van der Waals surface area contributed by atoms with Crippen molar-refractivity contribution in [2.24, 2.45) is 0 Å². The molecule has 4 heteroatoms. The van der Waals surface area contributed by atoms with Gasteiger partial charge >= 0.3 is 0 Å². The fourth-order valence-corrected chi connectivity index (χ4v) is 2.61. The van der Waals surface area contributed by atoms with Crippen molar-refractivity contribution in [1.29, 1.82) is 0 Å². The van der Waals surface area contributed by atoms with Gasteiger partial charge in [0.1, 0.15) is 11.9 Å². The molecule has 1 atom stereocenters. The average molecular weight is 299 g/mol. The minimum Gasteiger partial charge on any atom is -0.497 e. The number of hydrogen-bond donors (Lipinski definition) is 1. The molecule has 16 heavy (non-hydrogen) atoms. The summed E-state index contributed by atoms with van der Waals surface area (Å²) in [4.78, 5) is 0. The standard InChI is InChI=1S/C12H11BrO2S/c1-15-9-2-3-11(13)10(6-9)12(14)8-4-5-16-7-8/h2-7,12,14H,1H3. The van der Waals surface area contributed by atoms with Crippen LogP contribution >= 0.6 is 27.3 Å². The predicted octanol–water partition coefficient (Wildman–Crippen LogP) is 3.60. The summed E-state index contributed by atoms with van der Waals surface area (Å²) < 4.78 is 6.03. The minimum absolute atomic E-state index is 0.615. The number of benzene rings is 1. The van der Waals surface area contributed by atoms with Gasteiger partial charge in [0.2, 0.25) is 0 Å². The molecule has 0 aliphatic carbocycles. The Kier molecular flexibility index (Phi) is 3.63. The van der Waals surface area contributed by atoms with Crippen LogP contribution in [0.5, 0.6) is 5.75 Å². The van der Waals surface area contributed by atoms with E-state index in [9.17, 15) is 5.11 Å². The van der Waals surface area contributed by atoms with E-state index in [4.69, 9.17) is 4.74 Å². The van der Waals surface area contributed by atoms with Crippen LogP contribution < -0.4 is 4.74 Å². The molecule has 0 amide bonds. The number of thiophene rings is 1. The lowest BCUT2D eigenvalue weighted by Gasteiger charge is -2.12. The van der Waals surface area contributed by atoms with Crippen LogP contribution in [-0.2, 0) is 0 Å². The Morgan fingerprint density at radius 3 is 2.81 bits per heavy atom. The molecule has 2 rings (SSSR count). The molecule has 0 spiro atoms. The monoisotopic (exact) mass is 298 g/mol. The van der Waals surface area contributed by atoms with Gasteiger partial charge in [0, 0.05) is 10.0 Å². The second-order valence-electron chi connectivity index (χ2n) is 3.35. The topological polar surface area (TPSA) is 29.5 Å². The molecule has 1 aromatic carbocycles. The lowest BCUT2D eigenvalue weighted by Crippen LogP contribution is -1.99. The van der Waals surface area contributed by atoms with Crippen molar-refractivity contribution < 1.29 is 9.84 Å². The Bertz CT molecular complexity index is 468. The van der Waals surface area contributed by atoms with Crippen LogP contribution in [0.2, 0.25) is 0 Å². The van der Waals surface area contributed by atoms with Crippen molar-refractivity contribution >= 4 is 27.3 Å². The van der Waals surface area contributed by atoms with Crippen molar-refractivity contribution in [3.05, 3.63) is 50.6 Å². The van der Waals surface area contributed by atoms with E-state index in [1.165, 1.54) is 0 Å². The summed E-state index contributed by atoms with van der Waals surface area (Å²) in [5.41, 5.74) is 1.72. The highest BCUT2D eigenvalue weighted by molar-refractivity contribution is 9.10. The van der Waals surface area contributed by atoms with Gasteiger partial charge in [0.25, 0.3) is 0 Å². The molecule has 2 aromatic rings. The molecule has 1 heterocycles. The summed E-state index contributed by atoms with van der Waals surface area (Å²) in [5, 5.41) is 14.1. The second-order valence-corrected chi connectivity index (χ2v) is 4.98. The van der Waals surface area contributed by atoms with Crippen molar-refractivity contribution in [1.82, 2.24) is 0 Å².